The molecular weight excluding hydrogens is 226 g/mol. The lowest BCUT2D eigenvalue weighted by atomic mass is 10.1. The fourth-order valence-electron chi connectivity index (χ4n) is 1.05. The molecule has 0 radical (unpaired) electrons. The van der Waals surface area contributed by atoms with Crippen LogP contribution in [0.1, 0.15) is 27.7 Å². The third-order valence-electron chi connectivity index (χ3n) is 1.71. The van der Waals surface area contributed by atoms with E-state index in [1.165, 1.54) is 11.5 Å². The molecule has 16 heavy (non-hydrogen) atoms. The van der Waals surface area contributed by atoms with Crippen LogP contribution < -0.4 is 15.8 Å². The van der Waals surface area contributed by atoms with Crippen molar-refractivity contribution in [1.29, 1.82) is 0 Å². The molecule has 1 heterocycles. The molecule has 92 valence electrons. The van der Waals surface area contributed by atoms with E-state index in [9.17, 15) is 5.11 Å². The Hall–Kier alpha value is -1.01. The van der Waals surface area contributed by atoms with Crippen molar-refractivity contribution in [3.8, 4) is 5.75 Å². The smallest absolute Gasteiger partial charge is 0.197 e. The summed E-state index contributed by atoms with van der Waals surface area (Å²) in [6, 6.07) is 0. The van der Waals surface area contributed by atoms with E-state index in [0.717, 1.165) is 5.00 Å². The highest BCUT2D eigenvalue weighted by molar-refractivity contribution is 7.11. The van der Waals surface area contributed by atoms with E-state index in [1.807, 2.05) is 13.8 Å². The minimum atomic E-state index is -0.784. The summed E-state index contributed by atoms with van der Waals surface area (Å²) in [6.45, 7) is 7.73. The Morgan fingerprint density at radius 1 is 1.56 bits per heavy atom. The molecule has 0 aliphatic heterocycles. The number of ether oxygens (including phenoxy) is 1. The van der Waals surface area contributed by atoms with Gasteiger partial charge in [0, 0.05) is 6.54 Å². The highest BCUT2D eigenvalue weighted by Gasteiger charge is 2.18. The summed E-state index contributed by atoms with van der Waals surface area (Å²) < 4.78 is 9.58. The average molecular weight is 245 g/mol. The number of nitrogens with one attached hydrogen (secondary N) is 1. The number of nitrogens with zero attached hydrogens (tertiary/aromatic N) is 1. The van der Waals surface area contributed by atoms with Gasteiger partial charge in [0.2, 0.25) is 0 Å². The fourth-order valence-corrected chi connectivity index (χ4v) is 1.70. The number of hydrogen-bond acceptors (Lipinski definition) is 6. The average Bonchev–Trinajstić information content (AvgIpc) is 2.43. The predicted octanol–water partition coefficient (Wildman–Crippen LogP) is 1.70. The minimum Gasteiger partial charge on any atom is -0.484 e. The Balaban J connectivity index is 2.73. The van der Waals surface area contributed by atoms with E-state index in [4.69, 9.17) is 10.5 Å². The van der Waals surface area contributed by atoms with Crippen LogP contribution in [-0.2, 0) is 0 Å². The van der Waals surface area contributed by atoms with Crippen LogP contribution in [0.25, 0.3) is 0 Å². The van der Waals surface area contributed by atoms with Gasteiger partial charge in [0.05, 0.1) is 11.7 Å². The Morgan fingerprint density at radius 3 is 2.69 bits per heavy atom. The first-order valence-electron chi connectivity index (χ1n) is 5.17. The molecule has 0 saturated carbocycles. The van der Waals surface area contributed by atoms with Gasteiger partial charge in [-0.05, 0) is 39.2 Å². The Morgan fingerprint density at radius 2 is 2.19 bits per heavy atom. The zero-order valence-electron chi connectivity index (χ0n) is 10.1. The molecule has 0 atom stereocenters. The molecule has 5 nitrogen and oxygen atoms in total. The molecule has 0 spiro atoms. The van der Waals surface area contributed by atoms with Gasteiger partial charge in [-0.1, -0.05) is 0 Å². The number of aromatic nitrogens is 1. The van der Waals surface area contributed by atoms with Crippen molar-refractivity contribution in [3.05, 3.63) is 0 Å². The van der Waals surface area contributed by atoms with E-state index in [-0.39, 0.29) is 6.10 Å². The second-order valence-corrected chi connectivity index (χ2v) is 5.33. The van der Waals surface area contributed by atoms with Gasteiger partial charge in [0.25, 0.3) is 0 Å². The summed E-state index contributed by atoms with van der Waals surface area (Å²) in [4.78, 5) is 0. The van der Waals surface area contributed by atoms with Crippen molar-refractivity contribution < 1.29 is 9.84 Å². The summed E-state index contributed by atoms with van der Waals surface area (Å²) in [6.07, 6.45) is 0.0430. The van der Waals surface area contributed by atoms with Crippen LogP contribution in [0.2, 0.25) is 0 Å². The quantitative estimate of drug-likeness (QED) is 0.735. The van der Waals surface area contributed by atoms with Gasteiger partial charge in [0.1, 0.15) is 0 Å². The van der Waals surface area contributed by atoms with E-state index in [0.29, 0.717) is 18.1 Å². The molecule has 0 aliphatic carbocycles. The van der Waals surface area contributed by atoms with Crippen LogP contribution in [0.15, 0.2) is 0 Å². The van der Waals surface area contributed by atoms with Crippen molar-refractivity contribution in [2.24, 2.45) is 0 Å². The zero-order chi connectivity index (χ0) is 12.3. The Kier molecular flexibility index (Phi) is 3.98. The van der Waals surface area contributed by atoms with E-state index in [2.05, 4.69) is 9.69 Å². The fraction of sp³-hybridized carbons (Fsp3) is 0.700. The summed E-state index contributed by atoms with van der Waals surface area (Å²) >= 11 is 1.24. The lowest BCUT2D eigenvalue weighted by Gasteiger charge is -2.18. The van der Waals surface area contributed by atoms with Gasteiger partial charge in [-0.15, -0.1) is 0 Å². The van der Waals surface area contributed by atoms with Gasteiger partial charge in [-0.2, -0.15) is 4.37 Å². The van der Waals surface area contributed by atoms with Crippen LogP contribution >= 0.6 is 11.5 Å². The number of rotatable bonds is 5. The molecule has 1 aromatic heterocycles. The molecule has 0 aromatic carbocycles. The number of anilines is 2. The molecule has 1 aromatic rings. The topological polar surface area (TPSA) is 80.4 Å². The molecule has 4 N–H and O–H groups in total. The van der Waals surface area contributed by atoms with Gasteiger partial charge < -0.3 is 20.9 Å². The summed E-state index contributed by atoms with van der Waals surface area (Å²) in [7, 11) is 0. The first-order valence-corrected chi connectivity index (χ1v) is 5.95. The second-order valence-electron chi connectivity index (χ2n) is 4.56. The first kappa shape index (κ1) is 13.1. The van der Waals surface area contributed by atoms with E-state index >= 15 is 0 Å². The summed E-state index contributed by atoms with van der Waals surface area (Å²) in [5, 5.41) is 13.4. The lowest BCUT2D eigenvalue weighted by Crippen LogP contribution is -2.29. The highest BCUT2D eigenvalue weighted by atomic mass is 32.1. The maximum Gasteiger partial charge on any atom is 0.197 e. The SMILES string of the molecule is CC(C)Oc1c(N)nsc1NCC(C)(C)O. The van der Waals surface area contributed by atoms with Crippen LogP contribution in [0.4, 0.5) is 10.8 Å². The zero-order valence-corrected chi connectivity index (χ0v) is 10.9. The highest BCUT2D eigenvalue weighted by Crippen LogP contribution is 2.35. The van der Waals surface area contributed by atoms with Crippen LogP contribution in [0, 0.1) is 0 Å². The minimum absolute atomic E-state index is 0.0430. The number of hydrogen-bond donors (Lipinski definition) is 3. The van der Waals surface area contributed by atoms with Gasteiger partial charge in [-0.3, -0.25) is 0 Å². The molecule has 0 aliphatic rings. The van der Waals surface area contributed by atoms with Crippen LogP contribution in [-0.4, -0.2) is 27.7 Å². The molecule has 0 saturated heterocycles. The van der Waals surface area contributed by atoms with E-state index in [1.54, 1.807) is 13.8 Å². The standard InChI is InChI=1S/C10H19N3O2S/c1-6(2)15-7-8(11)13-16-9(7)12-5-10(3,4)14/h6,12,14H,5H2,1-4H3,(H2,11,13). The van der Waals surface area contributed by atoms with E-state index < -0.39 is 5.60 Å². The molecule has 0 bridgehead atoms. The Labute approximate surface area is 99.8 Å². The normalized spacial score (nSPS) is 11.9. The summed E-state index contributed by atoms with van der Waals surface area (Å²) in [5.74, 6) is 0.959. The van der Waals surface area contributed by atoms with Crippen LogP contribution in [0.3, 0.4) is 0 Å². The first-order chi connectivity index (χ1) is 7.29. The van der Waals surface area contributed by atoms with Crippen molar-refractivity contribution in [1.82, 2.24) is 4.37 Å². The third-order valence-corrected chi connectivity index (χ3v) is 2.51. The van der Waals surface area contributed by atoms with Crippen LogP contribution in [0.5, 0.6) is 5.75 Å². The molecule has 0 unspecified atom stereocenters. The van der Waals surface area contributed by atoms with Crippen molar-refractivity contribution in [2.45, 2.75) is 39.4 Å². The maximum atomic E-state index is 9.61. The third kappa shape index (κ3) is 3.86. The van der Waals surface area contributed by atoms with Gasteiger partial charge in [0.15, 0.2) is 16.6 Å². The molecule has 1 rings (SSSR count). The molecule has 0 fully saturated rings. The predicted molar refractivity (Wildman–Crippen MR) is 67.1 cm³/mol. The van der Waals surface area contributed by atoms with Crippen molar-refractivity contribution >= 4 is 22.4 Å². The largest absolute Gasteiger partial charge is 0.484 e. The Bertz CT molecular complexity index is 344. The lowest BCUT2D eigenvalue weighted by molar-refractivity contribution is 0.0945. The molecule has 6 heteroatoms. The number of nitrogen functional groups attached to an aromatic ring is 1. The van der Waals surface area contributed by atoms with Gasteiger partial charge >= 0.3 is 0 Å². The van der Waals surface area contributed by atoms with Crippen molar-refractivity contribution in [3.63, 3.8) is 0 Å². The monoisotopic (exact) mass is 245 g/mol. The number of nitrogens with two attached hydrogens (primary N) is 1. The second kappa shape index (κ2) is 4.88. The summed E-state index contributed by atoms with van der Waals surface area (Å²) in [5.41, 5.74) is 4.92. The van der Waals surface area contributed by atoms with Crippen molar-refractivity contribution in [2.75, 3.05) is 17.6 Å². The molecular formula is C10H19N3O2S. The number of aliphatic hydroxyl groups is 1. The maximum absolute atomic E-state index is 9.61. The van der Waals surface area contributed by atoms with Gasteiger partial charge in [-0.25, -0.2) is 0 Å². The molecule has 0 amide bonds.